The zero-order chi connectivity index (χ0) is 15.3. The van der Waals surface area contributed by atoms with E-state index in [0.717, 1.165) is 5.56 Å². The molecule has 0 aliphatic heterocycles. The Morgan fingerprint density at radius 3 is 2.57 bits per heavy atom. The van der Waals surface area contributed by atoms with Gasteiger partial charge in [0.05, 0.1) is 4.90 Å². The highest BCUT2D eigenvalue weighted by Gasteiger charge is 2.14. The lowest BCUT2D eigenvalue weighted by atomic mass is 10.1. The molecule has 0 aliphatic carbocycles. The highest BCUT2D eigenvalue weighted by Crippen LogP contribution is 2.11. The molecule has 0 aliphatic rings. The van der Waals surface area contributed by atoms with Crippen LogP contribution in [0.15, 0.2) is 47.5 Å². The standard InChI is InChI=1S/C13H15FN4O2S/c14-11-3-1-10(2-4-11)5-8-17-21(19,20)12-6-7-16-13(9-12)18-15/h1-4,6-7,9,17H,5,8,15H2,(H,16,18). The molecular weight excluding hydrogens is 295 g/mol. The molecule has 0 radical (unpaired) electrons. The average Bonchev–Trinajstić information content (AvgIpc) is 2.49. The SMILES string of the molecule is NNc1cc(S(=O)(=O)NCCc2ccc(F)cc2)ccn1. The molecule has 1 aromatic heterocycles. The second-order valence-electron chi connectivity index (χ2n) is 4.30. The Morgan fingerprint density at radius 2 is 1.90 bits per heavy atom. The van der Waals surface area contributed by atoms with E-state index in [4.69, 9.17) is 5.84 Å². The molecule has 112 valence electrons. The number of nitrogen functional groups attached to an aromatic ring is 1. The molecule has 8 heteroatoms. The van der Waals surface area contributed by atoms with Gasteiger partial charge >= 0.3 is 0 Å². The molecule has 0 fully saturated rings. The summed E-state index contributed by atoms with van der Waals surface area (Å²) >= 11 is 0. The van der Waals surface area contributed by atoms with Gasteiger partial charge in [-0.1, -0.05) is 12.1 Å². The van der Waals surface area contributed by atoms with Gasteiger partial charge < -0.3 is 5.43 Å². The van der Waals surface area contributed by atoms with E-state index in [-0.39, 0.29) is 23.1 Å². The summed E-state index contributed by atoms with van der Waals surface area (Å²) in [7, 11) is -3.63. The zero-order valence-electron chi connectivity index (χ0n) is 11.1. The minimum Gasteiger partial charge on any atom is -0.308 e. The maximum atomic E-state index is 12.8. The number of nitrogens with zero attached hydrogens (tertiary/aromatic N) is 1. The van der Waals surface area contributed by atoms with E-state index in [9.17, 15) is 12.8 Å². The van der Waals surface area contributed by atoms with Crippen LogP contribution in [0, 0.1) is 5.82 Å². The van der Waals surface area contributed by atoms with E-state index >= 15 is 0 Å². The van der Waals surface area contributed by atoms with Crippen LogP contribution in [0.2, 0.25) is 0 Å². The third-order valence-electron chi connectivity index (χ3n) is 2.81. The van der Waals surface area contributed by atoms with Crippen LogP contribution in [0.3, 0.4) is 0 Å². The molecule has 4 N–H and O–H groups in total. The van der Waals surface area contributed by atoms with Crippen LogP contribution in [0.5, 0.6) is 0 Å². The summed E-state index contributed by atoms with van der Waals surface area (Å²) in [4.78, 5) is 3.92. The van der Waals surface area contributed by atoms with Gasteiger partial charge in [-0.05, 0) is 30.2 Å². The van der Waals surface area contributed by atoms with Gasteiger partial charge in [-0.2, -0.15) is 0 Å². The van der Waals surface area contributed by atoms with E-state index in [1.807, 2.05) is 0 Å². The van der Waals surface area contributed by atoms with Crippen molar-refractivity contribution in [1.82, 2.24) is 9.71 Å². The van der Waals surface area contributed by atoms with Gasteiger partial charge in [-0.3, -0.25) is 0 Å². The Bertz CT molecular complexity index is 704. The molecule has 0 bridgehead atoms. The van der Waals surface area contributed by atoms with Gasteiger partial charge in [0.2, 0.25) is 10.0 Å². The third-order valence-corrected chi connectivity index (χ3v) is 4.27. The van der Waals surface area contributed by atoms with E-state index < -0.39 is 10.0 Å². The Hall–Kier alpha value is -2.03. The molecule has 0 saturated heterocycles. The lowest BCUT2D eigenvalue weighted by Gasteiger charge is -2.08. The van der Waals surface area contributed by atoms with Crippen molar-refractivity contribution in [2.75, 3.05) is 12.0 Å². The normalized spacial score (nSPS) is 11.3. The quantitative estimate of drug-likeness (QED) is 0.547. The molecule has 0 saturated carbocycles. The second-order valence-corrected chi connectivity index (χ2v) is 6.06. The molecule has 0 atom stereocenters. The second kappa shape index (κ2) is 6.61. The summed E-state index contributed by atoms with van der Waals surface area (Å²) in [5, 5.41) is 0. The molecule has 1 aromatic carbocycles. The van der Waals surface area contributed by atoms with Crippen LogP contribution in [-0.2, 0) is 16.4 Å². The number of nitrogens with two attached hydrogens (primary N) is 1. The minimum atomic E-state index is -3.63. The van der Waals surface area contributed by atoms with Gasteiger partial charge in [-0.25, -0.2) is 28.4 Å². The van der Waals surface area contributed by atoms with Crippen LogP contribution in [-0.4, -0.2) is 19.9 Å². The number of pyridine rings is 1. The lowest BCUT2D eigenvalue weighted by Crippen LogP contribution is -2.26. The topological polar surface area (TPSA) is 97.1 Å². The molecule has 2 aromatic rings. The number of aromatic nitrogens is 1. The van der Waals surface area contributed by atoms with Gasteiger partial charge in [-0.15, -0.1) is 0 Å². The van der Waals surface area contributed by atoms with E-state index in [1.54, 1.807) is 12.1 Å². The molecule has 2 rings (SSSR count). The Labute approximate surface area is 122 Å². The number of benzene rings is 1. The Morgan fingerprint density at radius 1 is 1.19 bits per heavy atom. The number of hydrogen-bond acceptors (Lipinski definition) is 5. The van der Waals surface area contributed by atoms with Crippen molar-refractivity contribution in [1.29, 1.82) is 0 Å². The number of anilines is 1. The van der Waals surface area contributed by atoms with Gasteiger partial charge in [0.1, 0.15) is 11.6 Å². The van der Waals surface area contributed by atoms with Crippen molar-refractivity contribution in [2.45, 2.75) is 11.3 Å². The molecule has 0 spiro atoms. The summed E-state index contributed by atoms with van der Waals surface area (Å²) in [6.45, 7) is 0.210. The highest BCUT2D eigenvalue weighted by atomic mass is 32.2. The van der Waals surface area contributed by atoms with E-state index in [2.05, 4.69) is 15.1 Å². The first-order chi connectivity index (χ1) is 10.0. The minimum absolute atomic E-state index is 0.0737. The van der Waals surface area contributed by atoms with Crippen molar-refractivity contribution in [3.8, 4) is 0 Å². The number of rotatable bonds is 6. The maximum absolute atomic E-state index is 12.8. The highest BCUT2D eigenvalue weighted by molar-refractivity contribution is 7.89. The van der Waals surface area contributed by atoms with Crippen molar-refractivity contribution in [3.63, 3.8) is 0 Å². The van der Waals surface area contributed by atoms with Gasteiger partial charge in [0.25, 0.3) is 0 Å². The van der Waals surface area contributed by atoms with Crippen LogP contribution in [0.1, 0.15) is 5.56 Å². The first-order valence-corrected chi connectivity index (χ1v) is 7.66. The van der Waals surface area contributed by atoms with Crippen LogP contribution in [0.25, 0.3) is 0 Å². The number of sulfonamides is 1. The van der Waals surface area contributed by atoms with E-state index in [0.29, 0.717) is 6.42 Å². The largest absolute Gasteiger partial charge is 0.308 e. The lowest BCUT2D eigenvalue weighted by molar-refractivity contribution is 0.581. The molecular formula is C13H15FN4O2S. The maximum Gasteiger partial charge on any atom is 0.240 e. The number of hydrogen-bond donors (Lipinski definition) is 3. The Balaban J connectivity index is 1.99. The average molecular weight is 310 g/mol. The monoisotopic (exact) mass is 310 g/mol. The Kier molecular flexibility index (Phi) is 4.84. The first-order valence-electron chi connectivity index (χ1n) is 6.18. The first kappa shape index (κ1) is 15.4. The zero-order valence-corrected chi connectivity index (χ0v) is 11.9. The summed E-state index contributed by atoms with van der Waals surface area (Å²) in [5.41, 5.74) is 3.13. The smallest absolute Gasteiger partial charge is 0.240 e. The van der Waals surface area contributed by atoms with Crippen molar-refractivity contribution in [2.24, 2.45) is 5.84 Å². The molecule has 0 amide bonds. The fraction of sp³-hybridized carbons (Fsp3) is 0.154. The number of nitrogens with one attached hydrogen (secondary N) is 2. The fourth-order valence-electron chi connectivity index (χ4n) is 1.72. The fourth-order valence-corrected chi connectivity index (χ4v) is 2.77. The van der Waals surface area contributed by atoms with Gasteiger partial charge in [0.15, 0.2) is 0 Å². The van der Waals surface area contributed by atoms with Crippen molar-refractivity contribution in [3.05, 3.63) is 54.0 Å². The van der Waals surface area contributed by atoms with E-state index in [1.165, 1.54) is 30.5 Å². The van der Waals surface area contributed by atoms with Crippen LogP contribution < -0.4 is 16.0 Å². The molecule has 6 nitrogen and oxygen atoms in total. The van der Waals surface area contributed by atoms with Gasteiger partial charge in [0, 0.05) is 18.8 Å². The molecule has 0 unspecified atom stereocenters. The predicted molar refractivity (Wildman–Crippen MR) is 77.3 cm³/mol. The van der Waals surface area contributed by atoms with Crippen LogP contribution in [0.4, 0.5) is 10.2 Å². The van der Waals surface area contributed by atoms with Crippen molar-refractivity contribution >= 4 is 15.8 Å². The number of hydrazine groups is 1. The van der Waals surface area contributed by atoms with Crippen molar-refractivity contribution < 1.29 is 12.8 Å². The summed E-state index contributed by atoms with van der Waals surface area (Å²) in [5.74, 6) is 5.13. The summed E-state index contributed by atoms with van der Waals surface area (Å²) in [6.07, 6.45) is 1.82. The summed E-state index contributed by atoms with van der Waals surface area (Å²) in [6, 6.07) is 8.62. The van der Waals surface area contributed by atoms with Crippen LogP contribution >= 0.6 is 0 Å². The number of halogens is 1. The molecule has 1 heterocycles. The third kappa shape index (κ3) is 4.22. The summed E-state index contributed by atoms with van der Waals surface area (Å²) < 4.78 is 39.4. The predicted octanol–water partition coefficient (Wildman–Crippen LogP) is 1.03. The molecule has 21 heavy (non-hydrogen) atoms.